The van der Waals surface area contributed by atoms with Gasteiger partial charge in [0, 0.05) is 24.0 Å². The highest BCUT2D eigenvalue weighted by Gasteiger charge is 2.19. The van der Waals surface area contributed by atoms with E-state index in [4.69, 9.17) is 4.98 Å². The molecule has 0 bridgehead atoms. The van der Waals surface area contributed by atoms with Gasteiger partial charge in [-0.2, -0.15) is 4.52 Å². The number of nitrogens with zero attached hydrogens (tertiary/aromatic N) is 5. The van der Waals surface area contributed by atoms with E-state index in [0.717, 1.165) is 46.7 Å². The summed E-state index contributed by atoms with van der Waals surface area (Å²) in [4.78, 5) is 7.51. The van der Waals surface area contributed by atoms with Crippen molar-refractivity contribution < 1.29 is 0 Å². The summed E-state index contributed by atoms with van der Waals surface area (Å²) < 4.78 is 1.87. The van der Waals surface area contributed by atoms with Crippen molar-refractivity contribution in [3.63, 3.8) is 0 Å². The molecule has 0 amide bonds. The molecule has 2 aromatic heterocycles. The molecule has 5 rings (SSSR count). The minimum absolute atomic E-state index is 0.828. The van der Waals surface area contributed by atoms with E-state index in [9.17, 15) is 0 Å². The van der Waals surface area contributed by atoms with Crippen LogP contribution >= 0.6 is 0 Å². The van der Waals surface area contributed by atoms with Gasteiger partial charge in [-0.1, -0.05) is 60.5 Å². The lowest BCUT2D eigenvalue weighted by atomic mass is 10.1. The van der Waals surface area contributed by atoms with Crippen LogP contribution < -0.4 is 4.90 Å². The third-order valence-electron chi connectivity index (χ3n) is 5.18. The van der Waals surface area contributed by atoms with Gasteiger partial charge in [0.05, 0.1) is 5.52 Å². The lowest BCUT2D eigenvalue weighted by Crippen LogP contribution is -2.25. The van der Waals surface area contributed by atoms with Crippen LogP contribution in [0.3, 0.4) is 0 Å². The predicted molar refractivity (Wildman–Crippen MR) is 104 cm³/mol. The molecule has 0 saturated carbocycles. The number of para-hydroxylation sites is 1. The van der Waals surface area contributed by atoms with Crippen LogP contribution in [0.15, 0.2) is 54.6 Å². The van der Waals surface area contributed by atoms with Crippen LogP contribution in [-0.2, 0) is 0 Å². The molecule has 1 aliphatic rings. The highest BCUT2D eigenvalue weighted by atomic mass is 15.4. The molecule has 0 unspecified atom stereocenters. The SMILES string of the molecule is c1ccc(-c2nnn3c2nc(N2CCCCCC2)c2ccccc23)cc1. The number of hydrogen-bond acceptors (Lipinski definition) is 4. The normalized spacial score (nSPS) is 15.5. The average Bonchev–Trinajstić information content (AvgIpc) is 2.94. The summed E-state index contributed by atoms with van der Waals surface area (Å²) in [6.07, 6.45) is 5.06. The van der Waals surface area contributed by atoms with Crippen LogP contribution in [0.5, 0.6) is 0 Å². The fraction of sp³-hybridized carbons (Fsp3) is 0.286. The van der Waals surface area contributed by atoms with Crippen molar-refractivity contribution >= 4 is 22.4 Å². The summed E-state index contributed by atoms with van der Waals surface area (Å²) >= 11 is 0. The number of rotatable bonds is 2. The second kappa shape index (κ2) is 6.41. The highest BCUT2D eigenvalue weighted by Crippen LogP contribution is 2.30. The van der Waals surface area contributed by atoms with Crippen LogP contribution in [0.25, 0.3) is 27.8 Å². The summed E-state index contributed by atoms with van der Waals surface area (Å²) in [5.41, 5.74) is 3.78. The summed E-state index contributed by atoms with van der Waals surface area (Å²) in [7, 11) is 0. The lowest BCUT2D eigenvalue weighted by molar-refractivity contribution is 0.726. The molecular weight excluding hydrogens is 322 g/mol. The van der Waals surface area contributed by atoms with E-state index in [2.05, 4.69) is 51.6 Å². The monoisotopic (exact) mass is 343 g/mol. The minimum Gasteiger partial charge on any atom is -0.356 e. The summed E-state index contributed by atoms with van der Waals surface area (Å²) in [6.45, 7) is 2.13. The van der Waals surface area contributed by atoms with Crippen molar-refractivity contribution in [2.45, 2.75) is 25.7 Å². The Morgan fingerprint density at radius 2 is 1.50 bits per heavy atom. The molecule has 4 aromatic rings. The van der Waals surface area contributed by atoms with Crippen LogP contribution in [0.4, 0.5) is 5.82 Å². The van der Waals surface area contributed by atoms with Crippen LogP contribution in [0.2, 0.25) is 0 Å². The van der Waals surface area contributed by atoms with Gasteiger partial charge >= 0.3 is 0 Å². The Morgan fingerprint density at radius 1 is 0.769 bits per heavy atom. The van der Waals surface area contributed by atoms with Crippen molar-refractivity contribution in [3.8, 4) is 11.3 Å². The smallest absolute Gasteiger partial charge is 0.186 e. The molecule has 3 heterocycles. The van der Waals surface area contributed by atoms with E-state index in [0.29, 0.717) is 0 Å². The van der Waals surface area contributed by atoms with E-state index in [1.165, 1.54) is 25.7 Å². The molecular formula is C21H21N5. The summed E-state index contributed by atoms with van der Waals surface area (Å²) in [5.74, 6) is 1.06. The molecule has 5 nitrogen and oxygen atoms in total. The summed E-state index contributed by atoms with van der Waals surface area (Å²) in [5, 5.41) is 10.0. The number of hydrogen-bond donors (Lipinski definition) is 0. The van der Waals surface area contributed by atoms with Crippen LogP contribution in [0.1, 0.15) is 25.7 Å². The maximum absolute atomic E-state index is 5.07. The topological polar surface area (TPSA) is 46.3 Å². The van der Waals surface area contributed by atoms with Gasteiger partial charge in [0.25, 0.3) is 0 Å². The molecule has 2 aromatic carbocycles. The molecule has 1 fully saturated rings. The van der Waals surface area contributed by atoms with Gasteiger partial charge in [-0.25, -0.2) is 4.98 Å². The van der Waals surface area contributed by atoms with Crippen molar-refractivity contribution in [2.24, 2.45) is 0 Å². The van der Waals surface area contributed by atoms with Crippen molar-refractivity contribution in [2.75, 3.05) is 18.0 Å². The molecule has 0 N–H and O–H groups in total. The van der Waals surface area contributed by atoms with Crippen LogP contribution in [-0.4, -0.2) is 32.9 Å². The zero-order chi connectivity index (χ0) is 17.3. The Hall–Kier alpha value is -2.95. The van der Waals surface area contributed by atoms with Gasteiger partial charge in [-0.15, -0.1) is 5.10 Å². The number of benzene rings is 2. The van der Waals surface area contributed by atoms with E-state index in [1.54, 1.807) is 0 Å². The van der Waals surface area contributed by atoms with Gasteiger partial charge in [0.2, 0.25) is 0 Å². The summed E-state index contributed by atoms with van der Waals surface area (Å²) in [6, 6.07) is 18.6. The predicted octanol–water partition coefficient (Wildman–Crippen LogP) is 4.32. The Morgan fingerprint density at radius 3 is 2.31 bits per heavy atom. The second-order valence-corrected chi connectivity index (χ2v) is 6.89. The fourth-order valence-corrected chi connectivity index (χ4v) is 3.85. The Bertz CT molecular complexity index is 1050. The number of aromatic nitrogens is 4. The van der Waals surface area contributed by atoms with E-state index in [-0.39, 0.29) is 0 Å². The largest absolute Gasteiger partial charge is 0.356 e. The maximum atomic E-state index is 5.07. The van der Waals surface area contributed by atoms with E-state index >= 15 is 0 Å². The zero-order valence-corrected chi connectivity index (χ0v) is 14.7. The highest BCUT2D eigenvalue weighted by molar-refractivity contribution is 5.93. The first kappa shape index (κ1) is 15.3. The molecule has 0 radical (unpaired) electrons. The Labute approximate surface area is 152 Å². The zero-order valence-electron chi connectivity index (χ0n) is 14.7. The molecule has 0 atom stereocenters. The molecule has 0 spiro atoms. The van der Waals surface area contributed by atoms with Gasteiger partial charge in [0.15, 0.2) is 5.65 Å². The average molecular weight is 343 g/mol. The van der Waals surface area contributed by atoms with Crippen molar-refractivity contribution in [1.29, 1.82) is 0 Å². The molecule has 26 heavy (non-hydrogen) atoms. The third-order valence-corrected chi connectivity index (χ3v) is 5.18. The molecule has 0 aliphatic carbocycles. The second-order valence-electron chi connectivity index (χ2n) is 6.89. The first-order valence-electron chi connectivity index (χ1n) is 9.36. The molecule has 130 valence electrons. The maximum Gasteiger partial charge on any atom is 0.186 e. The Kier molecular flexibility index (Phi) is 3.77. The van der Waals surface area contributed by atoms with Gasteiger partial charge < -0.3 is 4.90 Å². The molecule has 1 saturated heterocycles. The molecule has 5 heteroatoms. The van der Waals surface area contributed by atoms with Gasteiger partial charge in [-0.3, -0.25) is 0 Å². The lowest BCUT2D eigenvalue weighted by Gasteiger charge is -2.23. The van der Waals surface area contributed by atoms with E-state index < -0.39 is 0 Å². The third kappa shape index (κ3) is 2.51. The first-order valence-corrected chi connectivity index (χ1v) is 9.36. The van der Waals surface area contributed by atoms with Crippen molar-refractivity contribution in [1.82, 2.24) is 19.8 Å². The standard InChI is InChI=1S/C21H21N5/c1-2-9-15-25(14-8-1)20-17-12-6-7-13-18(17)26-21(22-20)19(23-24-26)16-10-4-3-5-11-16/h3-7,10-13H,1-2,8-9,14-15H2. The molecule has 1 aliphatic heterocycles. The fourth-order valence-electron chi connectivity index (χ4n) is 3.85. The quantitative estimate of drug-likeness (QED) is 0.544. The van der Waals surface area contributed by atoms with E-state index in [1.807, 2.05) is 22.7 Å². The van der Waals surface area contributed by atoms with Gasteiger partial charge in [0.1, 0.15) is 11.5 Å². The number of fused-ring (bicyclic) bond motifs is 3. The number of anilines is 1. The minimum atomic E-state index is 0.828. The Balaban J connectivity index is 1.77. The van der Waals surface area contributed by atoms with Crippen molar-refractivity contribution in [3.05, 3.63) is 54.6 Å². The van der Waals surface area contributed by atoms with Crippen LogP contribution in [0, 0.1) is 0 Å². The van der Waals surface area contributed by atoms with Gasteiger partial charge in [-0.05, 0) is 25.0 Å². The first-order chi connectivity index (χ1) is 12.9.